The lowest BCUT2D eigenvalue weighted by atomic mass is 10.0. The molecule has 0 radical (unpaired) electrons. The molecule has 0 aliphatic heterocycles. The molecule has 20 heavy (non-hydrogen) atoms. The maximum absolute atomic E-state index is 11.3. The third-order valence-corrected chi connectivity index (χ3v) is 3.76. The Balaban J connectivity index is 2.37. The van der Waals surface area contributed by atoms with Gasteiger partial charge in [-0.15, -0.1) is 0 Å². The minimum Gasteiger partial charge on any atom is -0.480 e. The van der Waals surface area contributed by atoms with Crippen LogP contribution < -0.4 is 5.32 Å². The Bertz CT molecular complexity index is 628. The second kappa shape index (κ2) is 6.22. The fraction of sp³-hybridized carbons (Fsp3) is 0.333. The predicted molar refractivity (Wildman–Crippen MR) is 83.9 cm³/mol. The zero-order valence-electron chi connectivity index (χ0n) is 11.4. The van der Waals surface area contributed by atoms with Gasteiger partial charge in [-0.05, 0) is 24.5 Å². The van der Waals surface area contributed by atoms with Gasteiger partial charge in [0, 0.05) is 21.4 Å². The first kappa shape index (κ1) is 14.8. The molecule has 0 amide bonds. The van der Waals surface area contributed by atoms with Crippen molar-refractivity contribution in [2.75, 3.05) is 5.32 Å². The summed E-state index contributed by atoms with van der Waals surface area (Å²) >= 11 is 3.49. The van der Waals surface area contributed by atoms with Gasteiger partial charge in [-0.1, -0.05) is 41.9 Å². The van der Waals surface area contributed by atoms with E-state index in [0.29, 0.717) is 18.2 Å². The minimum absolute atomic E-state index is 0.297. The van der Waals surface area contributed by atoms with Crippen molar-refractivity contribution in [1.29, 1.82) is 0 Å². The van der Waals surface area contributed by atoms with Crippen LogP contribution in [0.4, 0.5) is 5.82 Å². The lowest BCUT2D eigenvalue weighted by Gasteiger charge is -2.18. The molecule has 106 valence electrons. The summed E-state index contributed by atoms with van der Waals surface area (Å²) in [6, 6.07) is 7.07. The molecule has 0 fully saturated rings. The van der Waals surface area contributed by atoms with Crippen molar-refractivity contribution >= 4 is 38.5 Å². The molecule has 1 heterocycles. The number of carbonyl (C=O) groups is 1. The number of hydrogen-bond donors (Lipinski definition) is 2. The van der Waals surface area contributed by atoms with Crippen molar-refractivity contribution in [3.63, 3.8) is 0 Å². The van der Waals surface area contributed by atoms with Gasteiger partial charge in [-0.2, -0.15) is 0 Å². The van der Waals surface area contributed by atoms with Gasteiger partial charge in [-0.3, -0.25) is 0 Å². The second-order valence-corrected chi connectivity index (χ2v) is 6.01. The van der Waals surface area contributed by atoms with Crippen LogP contribution in [0.2, 0.25) is 0 Å². The van der Waals surface area contributed by atoms with Crippen LogP contribution in [0.3, 0.4) is 0 Å². The zero-order valence-corrected chi connectivity index (χ0v) is 13.0. The molecule has 1 atom stereocenters. The molecule has 1 aromatic heterocycles. The normalized spacial score (nSPS) is 12.6. The van der Waals surface area contributed by atoms with E-state index in [0.717, 1.165) is 15.2 Å². The summed E-state index contributed by atoms with van der Waals surface area (Å²) in [4.78, 5) is 15.6. The Hall–Kier alpha value is -1.62. The monoisotopic (exact) mass is 336 g/mol. The maximum atomic E-state index is 11.3. The third-order valence-electron chi connectivity index (χ3n) is 3.07. The van der Waals surface area contributed by atoms with Crippen molar-refractivity contribution in [3.8, 4) is 0 Å². The SMILES string of the molecule is CC(C)CC(Nc1nccc2c(Br)cccc12)C(=O)O. The molecule has 0 bridgehead atoms. The second-order valence-electron chi connectivity index (χ2n) is 5.16. The Morgan fingerprint density at radius 2 is 2.10 bits per heavy atom. The molecule has 0 saturated carbocycles. The van der Waals surface area contributed by atoms with Gasteiger partial charge >= 0.3 is 5.97 Å². The summed E-state index contributed by atoms with van der Waals surface area (Å²) in [7, 11) is 0. The highest BCUT2D eigenvalue weighted by Crippen LogP contribution is 2.28. The smallest absolute Gasteiger partial charge is 0.326 e. The van der Waals surface area contributed by atoms with Crippen molar-refractivity contribution in [2.24, 2.45) is 5.92 Å². The number of rotatable bonds is 5. The van der Waals surface area contributed by atoms with E-state index >= 15 is 0 Å². The first-order valence-electron chi connectivity index (χ1n) is 6.51. The zero-order chi connectivity index (χ0) is 14.7. The summed E-state index contributed by atoms with van der Waals surface area (Å²) < 4.78 is 0.969. The summed E-state index contributed by atoms with van der Waals surface area (Å²) in [5.74, 6) is 0.0506. The molecule has 4 nitrogen and oxygen atoms in total. The molecule has 5 heteroatoms. The lowest BCUT2D eigenvalue weighted by Crippen LogP contribution is -2.31. The Morgan fingerprint density at radius 3 is 2.75 bits per heavy atom. The molecule has 1 aromatic carbocycles. The highest BCUT2D eigenvalue weighted by Gasteiger charge is 2.20. The van der Waals surface area contributed by atoms with E-state index in [1.807, 2.05) is 38.1 Å². The van der Waals surface area contributed by atoms with Gasteiger partial charge in [0.1, 0.15) is 11.9 Å². The number of carboxylic acids is 1. The molecule has 0 spiro atoms. The van der Waals surface area contributed by atoms with E-state index in [1.165, 1.54) is 0 Å². The van der Waals surface area contributed by atoms with Crippen LogP contribution in [0, 0.1) is 5.92 Å². The molecular formula is C15H17BrN2O2. The summed E-state index contributed by atoms with van der Waals surface area (Å²) in [5, 5.41) is 14.3. The number of benzene rings is 1. The summed E-state index contributed by atoms with van der Waals surface area (Å²) in [6.07, 6.45) is 2.24. The van der Waals surface area contributed by atoms with E-state index in [1.54, 1.807) is 6.20 Å². The summed E-state index contributed by atoms with van der Waals surface area (Å²) in [6.45, 7) is 4.01. The number of nitrogens with one attached hydrogen (secondary N) is 1. The Kier molecular flexibility index (Phi) is 4.60. The minimum atomic E-state index is -0.854. The quantitative estimate of drug-likeness (QED) is 0.868. The van der Waals surface area contributed by atoms with Crippen LogP contribution in [-0.2, 0) is 4.79 Å². The van der Waals surface area contributed by atoms with E-state index in [9.17, 15) is 9.90 Å². The molecule has 2 aromatic rings. The van der Waals surface area contributed by atoms with Crippen molar-refractivity contribution < 1.29 is 9.90 Å². The van der Waals surface area contributed by atoms with Crippen LogP contribution in [-0.4, -0.2) is 22.1 Å². The van der Waals surface area contributed by atoms with Crippen molar-refractivity contribution in [1.82, 2.24) is 4.98 Å². The van der Waals surface area contributed by atoms with Gasteiger partial charge < -0.3 is 10.4 Å². The fourth-order valence-corrected chi connectivity index (χ4v) is 2.64. The van der Waals surface area contributed by atoms with Crippen LogP contribution in [0.25, 0.3) is 10.8 Å². The number of aliphatic carboxylic acids is 1. The number of hydrogen-bond acceptors (Lipinski definition) is 3. The van der Waals surface area contributed by atoms with Gasteiger partial charge in [-0.25, -0.2) is 9.78 Å². The highest BCUT2D eigenvalue weighted by molar-refractivity contribution is 9.10. The average Bonchev–Trinajstić information content (AvgIpc) is 2.38. The Morgan fingerprint density at radius 1 is 1.35 bits per heavy atom. The number of carboxylic acid groups (broad SMARTS) is 1. The lowest BCUT2D eigenvalue weighted by molar-refractivity contribution is -0.138. The fourth-order valence-electron chi connectivity index (χ4n) is 2.14. The van der Waals surface area contributed by atoms with Gasteiger partial charge in [0.15, 0.2) is 0 Å². The number of anilines is 1. The van der Waals surface area contributed by atoms with Crippen LogP contribution in [0.1, 0.15) is 20.3 Å². The van der Waals surface area contributed by atoms with Crippen molar-refractivity contribution in [2.45, 2.75) is 26.3 Å². The van der Waals surface area contributed by atoms with Gasteiger partial charge in [0.25, 0.3) is 0 Å². The molecular weight excluding hydrogens is 320 g/mol. The predicted octanol–water partition coefficient (Wildman–Crippen LogP) is 3.91. The average molecular weight is 337 g/mol. The molecule has 0 aliphatic carbocycles. The Labute approximate surface area is 126 Å². The van der Waals surface area contributed by atoms with Gasteiger partial charge in [0.2, 0.25) is 0 Å². The largest absolute Gasteiger partial charge is 0.480 e. The van der Waals surface area contributed by atoms with Crippen LogP contribution >= 0.6 is 15.9 Å². The molecule has 0 aliphatic rings. The van der Waals surface area contributed by atoms with E-state index in [2.05, 4.69) is 26.2 Å². The summed E-state index contributed by atoms with van der Waals surface area (Å²) in [5.41, 5.74) is 0. The first-order chi connectivity index (χ1) is 9.49. The van der Waals surface area contributed by atoms with Crippen LogP contribution in [0.5, 0.6) is 0 Å². The number of aromatic nitrogens is 1. The molecule has 1 unspecified atom stereocenters. The number of pyridine rings is 1. The first-order valence-corrected chi connectivity index (χ1v) is 7.31. The molecule has 2 rings (SSSR count). The number of fused-ring (bicyclic) bond motifs is 1. The van der Waals surface area contributed by atoms with Crippen molar-refractivity contribution in [3.05, 3.63) is 34.9 Å². The number of nitrogens with zero attached hydrogens (tertiary/aromatic N) is 1. The topological polar surface area (TPSA) is 62.2 Å². The van der Waals surface area contributed by atoms with Gasteiger partial charge in [0.05, 0.1) is 0 Å². The standard InChI is InChI=1S/C15H17BrN2O2/c1-9(2)8-13(15(19)20)18-14-11-4-3-5-12(16)10(11)6-7-17-14/h3-7,9,13H,8H2,1-2H3,(H,17,18)(H,19,20). The van der Waals surface area contributed by atoms with Crippen LogP contribution in [0.15, 0.2) is 34.9 Å². The maximum Gasteiger partial charge on any atom is 0.326 e. The van der Waals surface area contributed by atoms with E-state index in [4.69, 9.17) is 0 Å². The third kappa shape index (κ3) is 3.28. The molecule has 0 saturated heterocycles. The van der Waals surface area contributed by atoms with E-state index in [-0.39, 0.29) is 0 Å². The molecule has 2 N–H and O–H groups in total. The van der Waals surface area contributed by atoms with E-state index < -0.39 is 12.0 Å². The highest BCUT2D eigenvalue weighted by atomic mass is 79.9. The number of halogens is 1.